The van der Waals surface area contributed by atoms with Crippen molar-refractivity contribution in [3.8, 4) is 0 Å². The van der Waals surface area contributed by atoms with Crippen molar-refractivity contribution in [3.63, 3.8) is 0 Å². The van der Waals surface area contributed by atoms with Crippen LogP contribution in [0.5, 0.6) is 0 Å². The lowest BCUT2D eigenvalue weighted by atomic mass is 10.00. The molecule has 1 aromatic carbocycles. The molecule has 1 heterocycles. The van der Waals surface area contributed by atoms with Crippen LogP contribution < -0.4 is 5.73 Å². The van der Waals surface area contributed by atoms with Crippen LogP contribution in [0.25, 0.3) is 0 Å². The third kappa shape index (κ3) is 5.31. The Morgan fingerprint density at radius 3 is 2.70 bits per heavy atom. The number of hydrogen-bond donors (Lipinski definition) is 1. The molecular weight excluding hydrogens is 361 g/mol. The second-order valence-corrected chi connectivity index (χ2v) is 5.65. The number of nitrogens with zero attached hydrogens (tertiary/aromatic N) is 2. The fraction of sp³-hybridized carbons (Fsp3) is 0.562. The maximum absolute atomic E-state index is 6.06. The van der Waals surface area contributed by atoms with Gasteiger partial charge in [0, 0.05) is 19.6 Å². The standard InChI is InChI=1S/C16H25N3.HI/c1-13-7-10-19(11-8-13)16(17)18-9-6-15-5-3-4-14(2)12-15;/h3-5,12-13H,6-11H2,1-2H3,(H2,17,18);1H. The summed E-state index contributed by atoms with van der Waals surface area (Å²) in [6, 6.07) is 8.59. The summed E-state index contributed by atoms with van der Waals surface area (Å²) in [7, 11) is 0. The van der Waals surface area contributed by atoms with Crippen molar-refractivity contribution in [1.29, 1.82) is 0 Å². The van der Waals surface area contributed by atoms with Gasteiger partial charge in [-0.25, -0.2) is 0 Å². The molecule has 0 saturated carbocycles. The zero-order chi connectivity index (χ0) is 13.7. The van der Waals surface area contributed by atoms with Gasteiger partial charge in [-0.2, -0.15) is 0 Å². The summed E-state index contributed by atoms with van der Waals surface area (Å²) in [4.78, 5) is 6.74. The Bertz CT molecular complexity index is 437. The number of nitrogens with two attached hydrogens (primary N) is 1. The van der Waals surface area contributed by atoms with Gasteiger partial charge in [-0.1, -0.05) is 36.8 Å². The highest BCUT2D eigenvalue weighted by Crippen LogP contribution is 2.15. The number of rotatable bonds is 3. The number of likely N-dealkylation sites (tertiary alicyclic amines) is 1. The van der Waals surface area contributed by atoms with Crippen molar-refractivity contribution >= 4 is 29.9 Å². The maximum atomic E-state index is 6.06. The fourth-order valence-electron chi connectivity index (χ4n) is 2.50. The number of piperidine rings is 1. The van der Waals surface area contributed by atoms with Crippen LogP contribution in [0.15, 0.2) is 29.3 Å². The first-order valence-corrected chi connectivity index (χ1v) is 7.25. The fourth-order valence-corrected chi connectivity index (χ4v) is 2.50. The minimum Gasteiger partial charge on any atom is -0.370 e. The molecule has 1 saturated heterocycles. The van der Waals surface area contributed by atoms with Crippen LogP contribution in [0.1, 0.15) is 30.9 Å². The van der Waals surface area contributed by atoms with Gasteiger partial charge in [0.05, 0.1) is 0 Å². The molecule has 2 N–H and O–H groups in total. The summed E-state index contributed by atoms with van der Waals surface area (Å²) in [6.45, 7) is 7.32. The van der Waals surface area contributed by atoms with Crippen molar-refractivity contribution in [2.24, 2.45) is 16.6 Å². The molecule has 20 heavy (non-hydrogen) atoms. The molecule has 0 aromatic heterocycles. The van der Waals surface area contributed by atoms with Crippen LogP contribution in [-0.2, 0) is 6.42 Å². The van der Waals surface area contributed by atoms with E-state index in [0.29, 0.717) is 0 Å². The molecule has 0 amide bonds. The number of hydrogen-bond acceptors (Lipinski definition) is 1. The van der Waals surface area contributed by atoms with Gasteiger partial charge < -0.3 is 10.6 Å². The minimum atomic E-state index is 0. The van der Waals surface area contributed by atoms with E-state index in [0.717, 1.165) is 37.9 Å². The molecule has 1 aromatic rings. The molecular formula is C16H26IN3. The van der Waals surface area contributed by atoms with E-state index in [9.17, 15) is 0 Å². The van der Waals surface area contributed by atoms with Crippen molar-refractivity contribution < 1.29 is 0 Å². The van der Waals surface area contributed by atoms with Gasteiger partial charge >= 0.3 is 0 Å². The van der Waals surface area contributed by atoms with Crippen LogP contribution in [0.3, 0.4) is 0 Å². The molecule has 0 bridgehead atoms. The molecule has 1 fully saturated rings. The van der Waals surface area contributed by atoms with Crippen LogP contribution >= 0.6 is 24.0 Å². The molecule has 112 valence electrons. The molecule has 0 spiro atoms. The van der Waals surface area contributed by atoms with Crippen LogP contribution in [0, 0.1) is 12.8 Å². The van der Waals surface area contributed by atoms with E-state index < -0.39 is 0 Å². The lowest BCUT2D eigenvalue weighted by Gasteiger charge is -2.31. The van der Waals surface area contributed by atoms with Crippen LogP contribution in [0.4, 0.5) is 0 Å². The lowest BCUT2D eigenvalue weighted by molar-refractivity contribution is 0.277. The Morgan fingerprint density at radius 2 is 2.05 bits per heavy atom. The first-order valence-electron chi connectivity index (χ1n) is 7.25. The number of aliphatic imine (C=N–C) groups is 1. The predicted molar refractivity (Wildman–Crippen MR) is 96.8 cm³/mol. The Labute approximate surface area is 139 Å². The van der Waals surface area contributed by atoms with Gasteiger partial charge in [0.25, 0.3) is 0 Å². The second-order valence-electron chi connectivity index (χ2n) is 5.65. The van der Waals surface area contributed by atoms with E-state index in [1.807, 2.05) is 0 Å². The van der Waals surface area contributed by atoms with Crippen molar-refractivity contribution in [2.45, 2.75) is 33.1 Å². The van der Waals surface area contributed by atoms with E-state index in [-0.39, 0.29) is 24.0 Å². The third-order valence-corrected chi connectivity index (χ3v) is 3.86. The summed E-state index contributed by atoms with van der Waals surface area (Å²) in [5.74, 6) is 1.55. The van der Waals surface area contributed by atoms with Gasteiger partial charge in [0.1, 0.15) is 0 Å². The van der Waals surface area contributed by atoms with E-state index in [4.69, 9.17) is 5.73 Å². The highest BCUT2D eigenvalue weighted by molar-refractivity contribution is 14.0. The molecule has 1 aliphatic rings. The van der Waals surface area contributed by atoms with Gasteiger partial charge in [-0.3, -0.25) is 4.99 Å². The average Bonchev–Trinajstić information content (AvgIpc) is 2.39. The topological polar surface area (TPSA) is 41.6 Å². The number of benzene rings is 1. The van der Waals surface area contributed by atoms with E-state index >= 15 is 0 Å². The Hall–Kier alpha value is -0.780. The third-order valence-electron chi connectivity index (χ3n) is 3.86. The predicted octanol–water partition coefficient (Wildman–Crippen LogP) is 3.20. The minimum absolute atomic E-state index is 0. The van der Waals surface area contributed by atoms with Gasteiger partial charge in [0.15, 0.2) is 5.96 Å². The second kappa shape index (κ2) is 8.49. The van der Waals surface area contributed by atoms with Gasteiger partial charge in [-0.05, 0) is 37.7 Å². The van der Waals surface area contributed by atoms with Crippen LogP contribution in [0.2, 0.25) is 0 Å². The number of aryl methyl sites for hydroxylation is 1. The summed E-state index contributed by atoms with van der Waals surface area (Å²) < 4.78 is 0. The molecule has 1 aliphatic heterocycles. The first kappa shape index (κ1) is 17.3. The van der Waals surface area contributed by atoms with E-state index in [1.54, 1.807) is 0 Å². The summed E-state index contributed by atoms with van der Waals surface area (Å²) in [5.41, 5.74) is 8.71. The summed E-state index contributed by atoms with van der Waals surface area (Å²) >= 11 is 0. The number of halogens is 1. The smallest absolute Gasteiger partial charge is 0.191 e. The van der Waals surface area contributed by atoms with Crippen molar-refractivity contribution in [3.05, 3.63) is 35.4 Å². The highest BCUT2D eigenvalue weighted by atomic mass is 127. The zero-order valence-corrected chi connectivity index (χ0v) is 14.8. The molecule has 4 heteroatoms. The number of guanidine groups is 1. The van der Waals surface area contributed by atoms with E-state index in [1.165, 1.54) is 24.0 Å². The van der Waals surface area contributed by atoms with E-state index in [2.05, 4.69) is 48.0 Å². The summed E-state index contributed by atoms with van der Waals surface area (Å²) in [6.07, 6.45) is 3.43. The Balaban J connectivity index is 0.00000200. The Kier molecular flexibility index (Phi) is 7.34. The Morgan fingerprint density at radius 1 is 1.35 bits per heavy atom. The molecule has 3 nitrogen and oxygen atoms in total. The molecule has 0 atom stereocenters. The molecule has 0 aliphatic carbocycles. The SMILES string of the molecule is Cc1cccc(CCN=C(N)N2CCC(C)CC2)c1.I. The first-order chi connectivity index (χ1) is 9.15. The molecule has 2 rings (SSSR count). The van der Waals surface area contributed by atoms with Crippen molar-refractivity contribution in [1.82, 2.24) is 4.90 Å². The largest absolute Gasteiger partial charge is 0.370 e. The average molecular weight is 387 g/mol. The van der Waals surface area contributed by atoms with Gasteiger partial charge in [-0.15, -0.1) is 24.0 Å². The van der Waals surface area contributed by atoms with Gasteiger partial charge in [0.2, 0.25) is 0 Å². The lowest BCUT2D eigenvalue weighted by Crippen LogP contribution is -2.42. The normalized spacial score (nSPS) is 16.9. The molecule has 0 unspecified atom stereocenters. The zero-order valence-electron chi connectivity index (χ0n) is 12.5. The van der Waals surface area contributed by atoms with Crippen molar-refractivity contribution in [2.75, 3.05) is 19.6 Å². The van der Waals surface area contributed by atoms with Crippen LogP contribution in [-0.4, -0.2) is 30.5 Å². The summed E-state index contributed by atoms with van der Waals surface area (Å²) in [5, 5.41) is 0. The molecule has 0 radical (unpaired) electrons. The monoisotopic (exact) mass is 387 g/mol. The highest BCUT2D eigenvalue weighted by Gasteiger charge is 2.16. The maximum Gasteiger partial charge on any atom is 0.191 e. The quantitative estimate of drug-likeness (QED) is 0.492.